The number of piperazine rings is 1. The van der Waals surface area contributed by atoms with Crippen molar-refractivity contribution in [3.8, 4) is 0 Å². The number of rotatable bonds is 6. The van der Waals surface area contributed by atoms with Crippen LogP contribution in [0, 0.1) is 5.41 Å². The Hall–Kier alpha value is -1.31. The Morgan fingerprint density at radius 3 is 2.54 bits per heavy atom. The number of carbonyl (C=O) groups excluding carboxylic acids is 1. The normalized spacial score (nSPS) is 17.8. The lowest BCUT2D eigenvalue weighted by molar-refractivity contribution is -0.184. The molecule has 1 atom stereocenters. The van der Waals surface area contributed by atoms with Crippen molar-refractivity contribution in [2.45, 2.75) is 32.5 Å². The number of halogens is 4. The summed E-state index contributed by atoms with van der Waals surface area (Å²) in [5.74, 6) is -0.401. The predicted molar refractivity (Wildman–Crippen MR) is 96.2 cm³/mol. The maximum Gasteiger partial charge on any atom is 0.405 e. The molecule has 1 unspecified atom stereocenters. The van der Waals surface area contributed by atoms with Crippen molar-refractivity contribution in [2.75, 3.05) is 32.7 Å². The smallest absolute Gasteiger partial charge is 0.354 e. The van der Waals surface area contributed by atoms with Gasteiger partial charge in [-0.15, -0.1) is 0 Å². The number of hydrogen-bond donors (Lipinski definition) is 2. The van der Waals surface area contributed by atoms with Crippen LogP contribution in [-0.2, 0) is 11.2 Å². The first-order valence-corrected chi connectivity index (χ1v) is 9.01. The van der Waals surface area contributed by atoms with Gasteiger partial charge in [-0.3, -0.25) is 9.69 Å². The highest BCUT2D eigenvalue weighted by Gasteiger charge is 2.44. The highest BCUT2D eigenvalue weighted by molar-refractivity contribution is 6.30. The van der Waals surface area contributed by atoms with E-state index in [1.807, 2.05) is 6.07 Å². The SMILES string of the molecule is CC(C)(Cc1cccc(Cl)c1)C(=O)NCC(N1CCNCC1)C(F)(F)F. The summed E-state index contributed by atoms with van der Waals surface area (Å²) >= 11 is 5.96. The molecule has 26 heavy (non-hydrogen) atoms. The number of nitrogens with one attached hydrogen (secondary N) is 2. The Morgan fingerprint density at radius 1 is 1.31 bits per heavy atom. The zero-order valence-electron chi connectivity index (χ0n) is 15.0. The van der Waals surface area contributed by atoms with E-state index in [-0.39, 0.29) is 0 Å². The number of carbonyl (C=O) groups is 1. The van der Waals surface area contributed by atoms with Gasteiger partial charge >= 0.3 is 6.18 Å². The molecule has 2 rings (SSSR count). The summed E-state index contributed by atoms with van der Waals surface area (Å²) in [6.07, 6.45) is -3.99. The van der Waals surface area contributed by atoms with Gasteiger partial charge < -0.3 is 10.6 Å². The lowest BCUT2D eigenvalue weighted by atomic mass is 9.84. The second-order valence-electron chi connectivity index (χ2n) is 7.24. The fourth-order valence-corrected chi connectivity index (χ4v) is 3.32. The first-order valence-electron chi connectivity index (χ1n) is 8.64. The molecule has 1 fully saturated rings. The maximum atomic E-state index is 13.4. The van der Waals surface area contributed by atoms with Gasteiger partial charge in [0.25, 0.3) is 0 Å². The third-order valence-electron chi connectivity index (χ3n) is 4.58. The molecule has 0 bridgehead atoms. The first-order chi connectivity index (χ1) is 12.1. The van der Waals surface area contributed by atoms with E-state index in [1.165, 1.54) is 4.90 Å². The second-order valence-corrected chi connectivity index (χ2v) is 7.68. The molecule has 0 radical (unpaired) electrons. The van der Waals surface area contributed by atoms with Gasteiger partial charge in [-0.2, -0.15) is 13.2 Å². The topological polar surface area (TPSA) is 44.4 Å². The monoisotopic (exact) mass is 391 g/mol. The van der Waals surface area contributed by atoms with Crippen molar-refractivity contribution in [1.29, 1.82) is 0 Å². The zero-order valence-corrected chi connectivity index (χ0v) is 15.8. The van der Waals surface area contributed by atoms with Crippen LogP contribution in [0.25, 0.3) is 0 Å². The highest BCUT2D eigenvalue weighted by atomic mass is 35.5. The Bertz CT molecular complexity index is 616. The van der Waals surface area contributed by atoms with Crippen LogP contribution in [-0.4, -0.2) is 55.7 Å². The quantitative estimate of drug-likeness (QED) is 0.783. The Morgan fingerprint density at radius 2 is 1.96 bits per heavy atom. The molecule has 1 aliphatic rings. The van der Waals surface area contributed by atoms with Crippen molar-refractivity contribution >= 4 is 17.5 Å². The Labute approximate surface area is 157 Å². The molecule has 0 saturated carbocycles. The molecule has 1 aliphatic heterocycles. The average molecular weight is 392 g/mol. The number of alkyl halides is 3. The van der Waals surface area contributed by atoms with Gasteiger partial charge in [0.05, 0.1) is 0 Å². The molecule has 1 aromatic rings. The van der Waals surface area contributed by atoms with Crippen molar-refractivity contribution in [2.24, 2.45) is 5.41 Å². The first kappa shape index (κ1) is 21.0. The van der Waals surface area contributed by atoms with E-state index in [1.54, 1.807) is 32.0 Å². The summed E-state index contributed by atoms with van der Waals surface area (Å²) in [7, 11) is 0. The summed E-state index contributed by atoms with van der Waals surface area (Å²) in [5.41, 5.74) is 0.0247. The molecule has 1 amide bonds. The third-order valence-corrected chi connectivity index (χ3v) is 4.81. The highest BCUT2D eigenvalue weighted by Crippen LogP contribution is 2.27. The third kappa shape index (κ3) is 5.86. The fraction of sp³-hybridized carbons (Fsp3) is 0.611. The van der Waals surface area contributed by atoms with Gasteiger partial charge in [0.15, 0.2) is 0 Å². The fourth-order valence-electron chi connectivity index (χ4n) is 3.11. The van der Waals surface area contributed by atoms with Gasteiger partial charge in [0, 0.05) is 43.2 Å². The number of benzene rings is 1. The lowest BCUT2D eigenvalue weighted by Crippen LogP contribution is -2.58. The van der Waals surface area contributed by atoms with Crippen LogP contribution < -0.4 is 10.6 Å². The van der Waals surface area contributed by atoms with Crippen LogP contribution in [0.2, 0.25) is 5.02 Å². The Balaban J connectivity index is 1.99. The molecule has 146 valence electrons. The molecule has 2 N–H and O–H groups in total. The molecule has 0 aromatic heterocycles. The summed E-state index contributed by atoms with van der Waals surface area (Å²) in [6.45, 7) is 4.65. The number of nitrogens with zero attached hydrogens (tertiary/aromatic N) is 1. The van der Waals surface area contributed by atoms with Crippen LogP contribution in [0.15, 0.2) is 24.3 Å². The zero-order chi connectivity index (χ0) is 19.4. The van der Waals surface area contributed by atoms with E-state index in [0.717, 1.165) is 5.56 Å². The molecule has 4 nitrogen and oxygen atoms in total. The van der Waals surface area contributed by atoms with Gasteiger partial charge in [-0.1, -0.05) is 37.6 Å². The average Bonchev–Trinajstić information content (AvgIpc) is 2.54. The lowest BCUT2D eigenvalue weighted by Gasteiger charge is -2.36. The standard InChI is InChI=1S/C18H25ClF3N3O/c1-17(2,11-13-4-3-5-14(19)10-13)16(26)24-12-15(18(20,21)22)25-8-6-23-7-9-25/h3-5,10,15,23H,6-9,11-12H2,1-2H3,(H,24,26). The van der Waals surface area contributed by atoms with Crippen LogP contribution in [0.1, 0.15) is 19.4 Å². The van der Waals surface area contributed by atoms with Crippen LogP contribution in [0.3, 0.4) is 0 Å². The van der Waals surface area contributed by atoms with Crippen LogP contribution in [0.4, 0.5) is 13.2 Å². The molecule has 1 aromatic carbocycles. The summed E-state index contributed by atoms with van der Waals surface area (Å²) < 4.78 is 40.2. The molecule has 8 heteroatoms. The molecular formula is C18H25ClF3N3O. The molecule has 0 spiro atoms. The summed E-state index contributed by atoms with van der Waals surface area (Å²) in [4.78, 5) is 13.9. The van der Waals surface area contributed by atoms with Gasteiger partial charge in [-0.05, 0) is 24.1 Å². The molecule has 0 aliphatic carbocycles. The minimum Gasteiger partial charge on any atom is -0.354 e. The number of hydrogen-bond acceptors (Lipinski definition) is 3. The van der Waals surface area contributed by atoms with Gasteiger partial charge in [0.2, 0.25) is 5.91 Å². The largest absolute Gasteiger partial charge is 0.405 e. The predicted octanol–water partition coefficient (Wildman–Crippen LogP) is 2.86. The van der Waals surface area contributed by atoms with E-state index in [0.29, 0.717) is 37.6 Å². The van der Waals surface area contributed by atoms with Crippen molar-refractivity contribution < 1.29 is 18.0 Å². The number of amides is 1. The second kappa shape index (κ2) is 8.59. The van der Waals surface area contributed by atoms with E-state index in [9.17, 15) is 18.0 Å². The maximum absolute atomic E-state index is 13.4. The minimum absolute atomic E-state index is 0.311. The van der Waals surface area contributed by atoms with Crippen molar-refractivity contribution in [1.82, 2.24) is 15.5 Å². The molecular weight excluding hydrogens is 367 g/mol. The van der Waals surface area contributed by atoms with Crippen LogP contribution >= 0.6 is 11.6 Å². The molecule has 1 heterocycles. The van der Waals surface area contributed by atoms with E-state index in [2.05, 4.69) is 10.6 Å². The van der Waals surface area contributed by atoms with Gasteiger partial charge in [0.1, 0.15) is 6.04 Å². The van der Waals surface area contributed by atoms with Gasteiger partial charge in [-0.25, -0.2) is 0 Å². The van der Waals surface area contributed by atoms with Crippen LogP contribution in [0.5, 0.6) is 0 Å². The van der Waals surface area contributed by atoms with Crippen molar-refractivity contribution in [3.63, 3.8) is 0 Å². The van der Waals surface area contributed by atoms with Crippen molar-refractivity contribution in [3.05, 3.63) is 34.9 Å². The Kier molecular flexibility index (Phi) is 6.93. The van der Waals surface area contributed by atoms with E-state index in [4.69, 9.17) is 11.6 Å². The summed E-state index contributed by atoms with van der Waals surface area (Å²) in [5, 5.41) is 6.11. The summed E-state index contributed by atoms with van der Waals surface area (Å²) in [6, 6.07) is 5.46. The van der Waals surface area contributed by atoms with E-state index < -0.39 is 30.1 Å². The minimum atomic E-state index is -4.39. The van der Waals surface area contributed by atoms with E-state index >= 15 is 0 Å². The molecule has 1 saturated heterocycles.